The summed E-state index contributed by atoms with van der Waals surface area (Å²) in [6.45, 7) is 3.28. The maximum absolute atomic E-state index is 4.60. The third-order valence-electron chi connectivity index (χ3n) is 2.15. The number of hydrogen-bond acceptors (Lipinski definition) is 4. The third-order valence-corrected chi connectivity index (χ3v) is 4.22. The third kappa shape index (κ3) is 2.24. The molecule has 4 heteroatoms. The molecule has 1 atom stereocenters. The second kappa shape index (κ2) is 4.44. The summed E-state index contributed by atoms with van der Waals surface area (Å²) in [7, 11) is 0. The van der Waals surface area contributed by atoms with Crippen LogP contribution < -0.4 is 5.32 Å². The maximum Gasteiger partial charge on any atom is 0.0926 e. The van der Waals surface area contributed by atoms with Crippen molar-refractivity contribution in [2.75, 3.05) is 18.1 Å². The van der Waals surface area contributed by atoms with Gasteiger partial charge >= 0.3 is 0 Å². The fourth-order valence-corrected chi connectivity index (χ4v) is 3.15. The van der Waals surface area contributed by atoms with Crippen molar-refractivity contribution in [1.82, 2.24) is 10.3 Å². The van der Waals surface area contributed by atoms with E-state index in [4.69, 9.17) is 0 Å². The minimum absolute atomic E-state index is 0.496. The molecule has 1 saturated heterocycles. The Hall–Kier alpha value is -0.0600. The zero-order valence-corrected chi connectivity index (χ0v) is 9.38. The summed E-state index contributed by atoms with van der Waals surface area (Å²) in [6.07, 6.45) is 1.06. The molecular weight excluding hydrogens is 200 g/mol. The minimum Gasteiger partial charge on any atom is -0.307 e. The van der Waals surface area contributed by atoms with E-state index in [1.807, 2.05) is 11.8 Å². The van der Waals surface area contributed by atoms with Crippen molar-refractivity contribution in [3.63, 3.8) is 0 Å². The van der Waals surface area contributed by atoms with E-state index in [2.05, 4.69) is 22.6 Å². The van der Waals surface area contributed by atoms with Crippen LogP contribution in [0.15, 0.2) is 5.38 Å². The molecule has 1 fully saturated rings. The van der Waals surface area contributed by atoms with E-state index in [9.17, 15) is 0 Å². The van der Waals surface area contributed by atoms with Crippen LogP contribution >= 0.6 is 23.1 Å². The lowest BCUT2D eigenvalue weighted by molar-refractivity contribution is 0.582. The Kier molecular flexibility index (Phi) is 3.24. The molecule has 1 aliphatic heterocycles. The van der Waals surface area contributed by atoms with Crippen molar-refractivity contribution in [2.24, 2.45) is 0 Å². The zero-order chi connectivity index (χ0) is 9.10. The first-order valence-electron chi connectivity index (χ1n) is 4.65. The highest BCUT2D eigenvalue weighted by Crippen LogP contribution is 2.23. The Morgan fingerprint density at radius 3 is 3.23 bits per heavy atom. The highest BCUT2D eigenvalue weighted by Gasteiger charge is 2.17. The molecule has 0 spiro atoms. The summed E-state index contributed by atoms with van der Waals surface area (Å²) in [6, 6.07) is 0.496. The average Bonchev–Trinajstić information content (AvgIpc) is 2.67. The van der Waals surface area contributed by atoms with E-state index in [-0.39, 0.29) is 0 Å². The molecule has 2 nitrogen and oxygen atoms in total. The normalized spacial score (nSPS) is 23.3. The fraction of sp³-hybridized carbons (Fsp3) is 0.667. The summed E-state index contributed by atoms with van der Waals surface area (Å²) in [5.41, 5.74) is 1.24. The number of thioether (sulfide) groups is 1. The van der Waals surface area contributed by atoms with Gasteiger partial charge in [0.05, 0.1) is 16.7 Å². The average molecular weight is 214 g/mol. The molecule has 0 aliphatic carbocycles. The monoisotopic (exact) mass is 214 g/mol. The van der Waals surface area contributed by atoms with Crippen molar-refractivity contribution in [2.45, 2.75) is 19.4 Å². The molecule has 13 heavy (non-hydrogen) atoms. The molecule has 2 heterocycles. The van der Waals surface area contributed by atoms with E-state index in [1.165, 1.54) is 22.2 Å². The van der Waals surface area contributed by atoms with Crippen LogP contribution in [-0.2, 0) is 6.42 Å². The Labute approximate surface area is 87.1 Å². The zero-order valence-electron chi connectivity index (χ0n) is 7.75. The molecular formula is C9H14N2S2. The molecule has 0 saturated carbocycles. The number of aromatic nitrogens is 1. The van der Waals surface area contributed by atoms with E-state index in [1.54, 1.807) is 11.3 Å². The van der Waals surface area contributed by atoms with Crippen molar-refractivity contribution < 1.29 is 0 Å². The van der Waals surface area contributed by atoms with Crippen LogP contribution in [0.3, 0.4) is 0 Å². The van der Waals surface area contributed by atoms with Gasteiger partial charge in [-0.05, 0) is 6.42 Å². The molecule has 72 valence electrons. The fourth-order valence-electron chi connectivity index (χ4n) is 1.40. The second-order valence-corrected chi connectivity index (χ2v) is 5.19. The van der Waals surface area contributed by atoms with Crippen LogP contribution in [0.2, 0.25) is 0 Å². The Balaban J connectivity index is 2.05. The lowest BCUT2D eigenvalue weighted by Crippen LogP contribution is -2.30. The van der Waals surface area contributed by atoms with Gasteiger partial charge in [0, 0.05) is 23.4 Å². The number of nitrogens with zero attached hydrogens (tertiary/aromatic N) is 1. The van der Waals surface area contributed by atoms with Gasteiger partial charge in [-0.3, -0.25) is 0 Å². The van der Waals surface area contributed by atoms with Crippen LogP contribution in [0.5, 0.6) is 0 Å². The van der Waals surface area contributed by atoms with Crippen molar-refractivity contribution in [3.05, 3.63) is 16.1 Å². The Morgan fingerprint density at radius 1 is 1.69 bits per heavy atom. The maximum atomic E-state index is 4.60. The molecule has 2 rings (SSSR count). The first-order chi connectivity index (χ1) is 6.40. The Morgan fingerprint density at radius 2 is 2.62 bits per heavy atom. The van der Waals surface area contributed by atoms with Crippen LogP contribution in [0.25, 0.3) is 0 Å². The van der Waals surface area contributed by atoms with E-state index in [0.717, 1.165) is 13.0 Å². The van der Waals surface area contributed by atoms with Gasteiger partial charge in [0.15, 0.2) is 0 Å². The van der Waals surface area contributed by atoms with Crippen LogP contribution in [0.1, 0.15) is 23.7 Å². The first kappa shape index (κ1) is 9.49. The molecule has 0 amide bonds. The summed E-state index contributed by atoms with van der Waals surface area (Å²) < 4.78 is 0. The van der Waals surface area contributed by atoms with Crippen molar-refractivity contribution in [3.8, 4) is 0 Å². The van der Waals surface area contributed by atoms with Gasteiger partial charge in [0.25, 0.3) is 0 Å². The lowest BCUT2D eigenvalue weighted by atomic mass is 10.2. The molecule has 1 aromatic rings. The molecule has 1 N–H and O–H groups in total. The molecule has 0 bridgehead atoms. The smallest absolute Gasteiger partial charge is 0.0926 e. The quantitative estimate of drug-likeness (QED) is 0.816. The highest BCUT2D eigenvalue weighted by molar-refractivity contribution is 7.99. The van der Waals surface area contributed by atoms with E-state index < -0.39 is 0 Å². The second-order valence-electron chi connectivity index (χ2n) is 3.10. The molecule has 0 radical (unpaired) electrons. The minimum atomic E-state index is 0.496. The van der Waals surface area contributed by atoms with Gasteiger partial charge in [-0.25, -0.2) is 4.98 Å². The van der Waals surface area contributed by atoms with Gasteiger partial charge in [-0.2, -0.15) is 11.8 Å². The number of rotatable bonds is 2. The van der Waals surface area contributed by atoms with E-state index in [0.29, 0.717) is 6.04 Å². The van der Waals surface area contributed by atoms with Gasteiger partial charge in [0.1, 0.15) is 0 Å². The largest absolute Gasteiger partial charge is 0.307 e. The summed E-state index contributed by atoms with van der Waals surface area (Å²) in [5.74, 6) is 2.41. The van der Waals surface area contributed by atoms with Gasteiger partial charge < -0.3 is 5.32 Å². The van der Waals surface area contributed by atoms with Gasteiger partial charge in [-0.15, -0.1) is 11.3 Å². The molecule has 1 unspecified atom stereocenters. The van der Waals surface area contributed by atoms with Crippen molar-refractivity contribution in [1.29, 1.82) is 0 Å². The van der Waals surface area contributed by atoms with Gasteiger partial charge in [-0.1, -0.05) is 6.92 Å². The summed E-state index contributed by atoms with van der Waals surface area (Å²) >= 11 is 3.80. The number of nitrogens with one attached hydrogen (secondary N) is 1. The molecule has 1 aromatic heterocycles. The number of thiazole rings is 1. The summed E-state index contributed by atoms with van der Waals surface area (Å²) in [4.78, 5) is 4.60. The molecule has 1 aliphatic rings. The van der Waals surface area contributed by atoms with Crippen LogP contribution in [0.4, 0.5) is 0 Å². The SMILES string of the molecule is CCc1nc(C2CSCCN2)cs1. The van der Waals surface area contributed by atoms with Gasteiger partial charge in [0.2, 0.25) is 0 Å². The highest BCUT2D eigenvalue weighted by atomic mass is 32.2. The van der Waals surface area contributed by atoms with Crippen LogP contribution in [0, 0.1) is 0 Å². The van der Waals surface area contributed by atoms with Crippen molar-refractivity contribution >= 4 is 23.1 Å². The van der Waals surface area contributed by atoms with Crippen LogP contribution in [-0.4, -0.2) is 23.0 Å². The van der Waals surface area contributed by atoms with E-state index >= 15 is 0 Å². The predicted octanol–water partition coefficient (Wildman–Crippen LogP) is 2.08. The standard InChI is InChI=1S/C9H14N2S2/c1-2-9-11-8(6-13-9)7-5-12-4-3-10-7/h6-7,10H,2-5H2,1H3. The number of hydrogen-bond donors (Lipinski definition) is 1. The predicted molar refractivity (Wildman–Crippen MR) is 59.6 cm³/mol. The Bertz CT molecular complexity index is 266. The topological polar surface area (TPSA) is 24.9 Å². The summed E-state index contributed by atoms with van der Waals surface area (Å²) in [5, 5.41) is 6.95. The first-order valence-corrected chi connectivity index (χ1v) is 6.69. The number of aryl methyl sites for hydroxylation is 1. The molecule has 0 aromatic carbocycles. The lowest BCUT2D eigenvalue weighted by Gasteiger charge is -2.21.